The van der Waals surface area contributed by atoms with Gasteiger partial charge >= 0.3 is 5.97 Å². The maximum absolute atomic E-state index is 12.6. The summed E-state index contributed by atoms with van der Waals surface area (Å²) >= 11 is 0. The Balaban J connectivity index is 2.22. The van der Waals surface area contributed by atoms with Crippen molar-refractivity contribution in [3.63, 3.8) is 0 Å². The number of hydrogen-bond donors (Lipinski definition) is 2. The second-order valence-corrected chi connectivity index (χ2v) is 9.34. The second kappa shape index (κ2) is 11.1. The van der Waals surface area contributed by atoms with Crippen LogP contribution in [0.15, 0.2) is 36.5 Å². The lowest BCUT2D eigenvalue weighted by atomic mass is 10.1. The first kappa shape index (κ1) is 26.8. The van der Waals surface area contributed by atoms with E-state index in [9.17, 15) is 18.3 Å². The van der Waals surface area contributed by atoms with E-state index in [2.05, 4.69) is 4.72 Å². The van der Waals surface area contributed by atoms with Crippen molar-refractivity contribution < 1.29 is 42.0 Å². The molecule has 0 aromatic heterocycles. The molecule has 0 aliphatic rings. The van der Waals surface area contributed by atoms with E-state index >= 15 is 0 Å². The molecule has 2 rings (SSSR count). The fourth-order valence-corrected chi connectivity index (χ4v) is 3.77. The Bertz CT molecular complexity index is 1130. The molecule has 2 aromatic carbocycles. The van der Waals surface area contributed by atoms with E-state index in [1.165, 1.54) is 72.8 Å². The normalized spacial score (nSPS) is 11.7. The van der Waals surface area contributed by atoms with Crippen LogP contribution in [0.4, 0.5) is 0 Å². The number of esters is 1. The highest BCUT2D eigenvalue weighted by molar-refractivity contribution is 7.88. The summed E-state index contributed by atoms with van der Waals surface area (Å²) in [6.45, 7) is 2.55. The highest BCUT2D eigenvalue weighted by atomic mass is 32.2. The summed E-state index contributed by atoms with van der Waals surface area (Å²) in [6, 6.07) is 7.65. The van der Waals surface area contributed by atoms with Gasteiger partial charge in [0.1, 0.15) is 17.2 Å². The van der Waals surface area contributed by atoms with Crippen molar-refractivity contribution in [1.29, 1.82) is 0 Å². The topological polar surface area (TPSA) is 130 Å². The fourth-order valence-electron chi connectivity index (χ4n) is 2.79. The number of nitrogens with one attached hydrogen (secondary N) is 1. The van der Waals surface area contributed by atoms with Crippen LogP contribution in [0.25, 0.3) is 6.08 Å². The highest BCUT2D eigenvalue weighted by Crippen LogP contribution is 2.35. The molecule has 0 bridgehead atoms. The third kappa shape index (κ3) is 7.03. The minimum absolute atomic E-state index is 0.00873. The lowest BCUT2D eigenvalue weighted by molar-refractivity contribution is -0.151. The Hall–Kier alpha value is -3.44. The average molecular weight is 496 g/mol. The SMILES string of the molecule is COc1cc(OC)c(/C=C/NS(=O)(=O)Cc2ccc(OC)c(OC(=O)C(C)(C)O)c2)c(OC)c1. The molecule has 186 valence electrons. The molecule has 34 heavy (non-hydrogen) atoms. The number of sulfonamides is 1. The van der Waals surface area contributed by atoms with Gasteiger partial charge < -0.3 is 28.8 Å². The van der Waals surface area contributed by atoms with Gasteiger partial charge in [0.15, 0.2) is 17.1 Å². The summed E-state index contributed by atoms with van der Waals surface area (Å²) in [4.78, 5) is 12.0. The lowest BCUT2D eigenvalue weighted by Gasteiger charge is -2.17. The van der Waals surface area contributed by atoms with E-state index in [-0.39, 0.29) is 11.5 Å². The Morgan fingerprint density at radius 3 is 2.03 bits per heavy atom. The first-order valence-corrected chi connectivity index (χ1v) is 11.7. The van der Waals surface area contributed by atoms with Crippen LogP contribution in [0.2, 0.25) is 0 Å². The highest BCUT2D eigenvalue weighted by Gasteiger charge is 2.27. The third-order valence-electron chi connectivity index (χ3n) is 4.54. The van der Waals surface area contributed by atoms with Gasteiger partial charge in [-0.15, -0.1) is 0 Å². The number of benzene rings is 2. The number of methoxy groups -OCH3 is 4. The average Bonchev–Trinajstić information content (AvgIpc) is 2.78. The van der Waals surface area contributed by atoms with Crippen molar-refractivity contribution in [2.75, 3.05) is 28.4 Å². The molecular formula is C23H29NO9S. The van der Waals surface area contributed by atoms with Crippen LogP contribution in [-0.2, 0) is 20.6 Å². The molecule has 0 heterocycles. The van der Waals surface area contributed by atoms with Crippen LogP contribution in [0.5, 0.6) is 28.7 Å². The van der Waals surface area contributed by atoms with Crippen LogP contribution in [0.1, 0.15) is 25.0 Å². The van der Waals surface area contributed by atoms with Gasteiger partial charge in [0.05, 0.1) is 39.8 Å². The fraction of sp³-hybridized carbons (Fsp3) is 0.348. The molecule has 2 N–H and O–H groups in total. The molecule has 0 unspecified atom stereocenters. The van der Waals surface area contributed by atoms with Crippen LogP contribution in [0.3, 0.4) is 0 Å². The van der Waals surface area contributed by atoms with Crippen LogP contribution in [0, 0.1) is 0 Å². The van der Waals surface area contributed by atoms with Gasteiger partial charge in [-0.05, 0) is 37.6 Å². The lowest BCUT2D eigenvalue weighted by Crippen LogP contribution is -2.35. The predicted octanol–water partition coefficient (Wildman–Crippen LogP) is 2.49. The Morgan fingerprint density at radius 1 is 0.941 bits per heavy atom. The van der Waals surface area contributed by atoms with Crippen molar-refractivity contribution in [3.05, 3.63) is 47.7 Å². The van der Waals surface area contributed by atoms with Gasteiger partial charge in [-0.2, -0.15) is 0 Å². The summed E-state index contributed by atoms with van der Waals surface area (Å²) in [7, 11) is 2.01. The zero-order chi connectivity index (χ0) is 25.5. The summed E-state index contributed by atoms with van der Waals surface area (Å²) in [5.41, 5.74) is -0.887. The summed E-state index contributed by atoms with van der Waals surface area (Å²) in [5.74, 6) is 0.267. The van der Waals surface area contributed by atoms with Crippen molar-refractivity contribution in [2.45, 2.75) is 25.2 Å². The minimum atomic E-state index is -3.82. The number of ether oxygens (including phenoxy) is 5. The van der Waals surface area contributed by atoms with E-state index < -0.39 is 27.3 Å². The summed E-state index contributed by atoms with van der Waals surface area (Å²) in [6.07, 6.45) is 2.75. The van der Waals surface area contributed by atoms with Crippen LogP contribution >= 0.6 is 0 Å². The van der Waals surface area contributed by atoms with Gasteiger partial charge in [0.2, 0.25) is 10.0 Å². The monoisotopic (exact) mass is 495 g/mol. The van der Waals surface area contributed by atoms with E-state index in [4.69, 9.17) is 23.7 Å². The molecule has 0 radical (unpaired) electrons. The number of aliphatic hydroxyl groups is 1. The van der Waals surface area contributed by atoms with Crippen molar-refractivity contribution in [1.82, 2.24) is 4.72 Å². The zero-order valence-corrected chi connectivity index (χ0v) is 20.7. The van der Waals surface area contributed by atoms with Gasteiger partial charge in [-0.3, -0.25) is 4.72 Å². The third-order valence-corrected chi connectivity index (χ3v) is 5.75. The number of carbonyl (C=O) groups excluding carboxylic acids is 1. The van der Waals surface area contributed by atoms with Crippen LogP contribution in [-0.4, -0.2) is 53.5 Å². The Labute approximate surface area is 199 Å². The molecule has 0 saturated heterocycles. The molecule has 0 saturated carbocycles. The van der Waals surface area contributed by atoms with Gasteiger partial charge in [-0.25, -0.2) is 13.2 Å². The Kier molecular flexibility index (Phi) is 8.77. The standard InChI is InChI=1S/C23H29NO9S/c1-23(2,26)22(25)33-21-11-15(7-8-18(21)30-4)14-34(27,28)24-10-9-17-19(31-5)12-16(29-3)13-20(17)32-6/h7-13,24,26H,14H2,1-6H3/b10-9+. The van der Waals surface area contributed by atoms with Gasteiger partial charge in [0.25, 0.3) is 0 Å². The van der Waals surface area contributed by atoms with E-state index in [0.717, 1.165) is 0 Å². The minimum Gasteiger partial charge on any atom is -0.496 e. The van der Waals surface area contributed by atoms with Crippen molar-refractivity contribution in [2.24, 2.45) is 0 Å². The quantitative estimate of drug-likeness (QED) is 0.357. The molecule has 11 heteroatoms. The first-order valence-electron chi connectivity index (χ1n) is 10.0. The first-order chi connectivity index (χ1) is 15.9. The Morgan fingerprint density at radius 2 is 1.53 bits per heavy atom. The largest absolute Gasteiger partial charge is 0.496 e. The number of carbonyl (C=O) groups is 1. The van der Waals surface area contributed by atoms with Crippen molar-refractivity contribution >= 4 is 22.1 Å². The molecule has 10 nitrogen and oxygen atoms in total. The molecule has 0 atom stereocenters. The second-order valence-electron chi connectivity index (χ2n) is 7.59. The maximum Gasteiger partial charge on any atom is 0.343 e. The number of hydrogen-bond acceptors (Lipinski definition) is 9. The molecule has 2 aromatic rings. The molecule has 0 fully saturated rings. The van der Waals surface area contributed by atoms with Gasteiger partial charge in [0, 0.05) is 18.3 Å². The van der Waals surface area contributed by atoms with E-state index in [0.29, 0.717) is 28.4 Å². The predicted molar refractivity (Wildman–Crippen MR) is 126 cm³/mol. The smallest absolute Gasteiger partial charge is 0.343 e. The van der Waals surface area contributed by atoms with Crippen LogP contribution < -0.4 is 28.4 Å². The molecule has 0 aliphatic carbocycles. The summed E-state index contributed by atoms with van der Waals surface area (Å²) in [5, 5.41) is 9.81. The molecule has 0 spiro atoms. The molecule has 0 amide bonds. The number of rotatable bonds is 11. The summed E-state index contributed by atoms with van der Waals surface area (Å²) < 4.78 is 53.8. The van der Waals surface area contributed by atoms with E-state index in [1.807, 2.05) is 0 Å². The van der Waals surface area contributed by atoms with Crippen molar-refractivity contribution in [3.8, 4) is 28.7 Å². The molecule has 0 aliphatic heterocycles. The van der Waals surface area contributed by atoms with Gasteiger partial charge in [-0.1, -0.05) is 6.07 Å². The zero-order valence-electron chi connectivity index (χ0n) is 19.9. The van der Waals surface area contributed by atoms with E-state index in [1.54, 1.807) is 12.1 Å². The molecular weight excluding hydrogens is 466 g/mol. The maximum atomic E-state index is 12.6.